The van der Waals surface area contributed by atoms with E-state index in [-0.39, 0.29) is 0 Å². The van der Waals surface area contributed by atoms with Gasteiger partial charge >= 0.3 is 0 Å². The van der Waals surface area contributed by atoms with Crippen molar-refractivity contribution in [1.29, 1.82) is 0 Å². The summed E-state index contributed by atoms with van der Waals surface area (Å²) in [6.07, 6.45) is 7.61. The van der Waals surface area contributed by atoms with Gasteiger partial charge in [-0.25, -0.2) is 0 Å². The van der Waals surface area contributed by atoms with Crippen LogP contribution >= 0.6 is 0 Å². The van der Waals surface area contributed by atoms with Gasteiger partial charge in [-0.15, -0.1) is 0 Å². The minimum Gasteiger partial charge on any atom is -0.0587 e. The van der Waals surface area contributed by atoms with Gasteiger partial charge in [-0.3, -0.25) is 0 Å². The quantitative estimate of drug-likeness (QED) is 0.594. The van der Waals surface area contributed by atoms with Crippen molar-refractivity contribution in [3.8, 4) is 0 Å². The van der Waals surface area contributed by atoms with Crippen molar-refractivity contribution >= 4 is 10.8 Å². The van der Waals surface area contributed by atoms with Crippen LogP contribution in [0.25, 0.3) is 10.8 Å². The fraction of sp³-hybridized carbons (Fsp3) is 0.565. The summed E-state index contributed by atoms with van der Waals surface area (Å²) < 4.78 is 0. The third-order valence-corrected chi connectivity index (χ3v) is 7.17. The van der Waals surface area contributed by atoms with Gasteiger partial charge in [0.1, 0.15) is 0 Å². The maximum Gasteiger partial charge on any atom is -0.0105 e. The Morgan fingerprint density at radius 3 is 2.00 bits per heavy atom. The highest BCUT2D eigenvalue weighted by Gasteiger charge is 2.48. The Kier molecular flexibility index (Phi) is 3.12. The van der Waals surface area contributed by atoms with Crippen LogP contribution in [0.5, 0.6) is 0 Å². The fourth-order valence-electron chi connectivity index (χ4n) is 6.32. The van der Waals surface area contributed by atoms with E-state index in [1.54, 1.807) is 12.0 Å². The van der Waals surface area contributed by atoms with Crippen molar-refractivity contribution in [2.75, 3.05) is 0 Å². The third-order valence-electron chi connectivity index (χ3n) is 7.17. The molecule has 0 unspecified atom stereocenters. The van der Waals surface area contributed by atoms with Crippen molar-refractivity contribution in [3.05, 3.63) is 47.5 Å². The van der Waals surface area contributed by atoms with E-state index in [4.69, 9.17) is 0 Å². The zero-order chi connectivity index (χ0) is 15.6. The zero-order valence-corrected chi connectivity index (χ0v) is 14.5. The molecule has 4 fully saturated rings. The first-order valence-electron chi connectivity index (χ1n) is 9.71. The second-order valence-corrected chi connectivity index (χ2v) is 8.98. The summed E-state index contributed by atoms with van der Waals surface area (Å²) in [7, 11) is 0. The summed E-state index contributed by atoms with van der Waals surface area (Å²) in [6.45, 7) is 4.56. The summed E-state index contributed by atoms with van der Waals surface area (Å²) >= 11 is 0. The summed E-state index contributed by atoms with van der Waals surface area (Å²) in [5.41, 5.74) is 3.10. The lowest BCUT2D eigenvalue weighted by molar-refractivity contribution is -0.00273. The monoisotopic (exact) mass is 304 g/mol. The van der Waals surface area contributed by atoms with Gasteiger partial charge in [0, 0.05) is 0 Å². The maximum absolute atomic E-state index is 2.52. The summed E-state index contributed by atoms with van der Waals surface area (Å²) in [6, 6.07) is 14.4. The van der Waals surface area contributed by atoms with E-state index < -0.39 is 0 Å². The van der Waals surface area contributed by atoms with Crippen LogP contribution in [0, 0.1) is 23.7 Å². The van der Waals surface area contributed by atoms with Crippen molar-refractivity contribution in [1.82, 2.24) is 0 Å². The molecule has 0 heteroatoms. The molecule has 23 heavy (non-hydrogen) atoms. The number of hydrogen-bond donors (Lipinski definition) is 0. The van der Waals surface area contributed by atoms with E-state index in [9.17, 15) is 0 Å². The molecule has 0 amide bonds. The third kappa shape index (κ3) is 2.25. The Morgan fingerprint density at radius 1 is 0.739 bits per heavy atom. The highest BCUT2D eigenvalue weighted by Crippen LogP contribution is 2.59. The number of fused-ring (bicyclic) bond motifs is 1. The predicted octanol–water partition coefficient (Wildman–Crippen LogP) is 6.50. The first-order valence-corrected chi connectivity index (χ1v) is 9.71. The molecule has 0 nitrogen and oxygen atoms in total. The van der Waals surface area contributed by atoms with E-state index in [0.717, 1.165) is 29.6 Å². The Bertz CT molecular complexity index is 711. The molecule has 6 rings (SSSR count). The second-order valence-electron chi connectivity index (χ2n) is 8.98. The van der Waals surface area contributed by atoms with Gasteiger partial charge in [0.25, 0.3) is 0 Å². The van der Waals surface area contributed by atoms with Crippen molar-refractivity contribution < 1.29 is 0 Å². The van der Waals surface area contributed by atoms with Gasteiger partial charge in [-0.05, 0) is 89.5 Å². The van der Waals surface area contributed by atoms with Crippen molar-refractivity contribution in [3.63, 3.8) is 0 Å². The van der Waals surface area contributed by atoms with E-state index >= 15 is 0 Å². The number of rotatable bonds is 2. The Labute approximate surface area is 140 Å². The molecule has 2 aromatic rings. The van der Waals surface area contributed by atoms with Crippen LogP contribution in [0.15, 0.2) is 36.4 Å². The molecule has 0 saturated heterocycles. The SMILES string of the molecule is CC(C)c1ccc2cc(C3C4CC5CC(C4)CC3C5)ccc2c1. The van der Waals surface area contributed by atoms with Gasteiger partial charge in [0.2, 0.25) is 0 Å². The van der Waals surface area contributed by atoms with Gasteiger partial charge in [-0.2, -0.15) is 0 Å². The summed E-state index contributed by atoms with van der Waals surface area (Å²) in [5.74, 6) is 5.59. The molecule has 120 valence electrons. The van der Waals surface area contributed by atoms with Crippen LogP contribution in [0.3, 0.4) is 0 Å². The first kappa shape index (κ1) is 14.1. The minimum absolute atomic E-state index is 0.614. The molecule has 4 aliphatic rings. The zero-order valence-electron chi connectivity index (χ0n) is 14.5. The average Bonchev–Trinajstić information content (AvgIpc) is 2.53. The Balaban J connectivity index is 1.52. The normalized spacial score (nSPS) is 35.3. The van der Waals surface area contributed by atoms with Gasteiger partial charge in [0.15, 0.2) is 0 Å². The van der Waals surface area contributed by atoms with E-state index in [1.165, 1.54) is 42.0 Å². The molecule has 4 saturated carbocycles. The number of hydrogen-bond acceptors (Lipinski definition) is 0. The van der Waals surface area contributed by atoms with Crippen LogP contribution in [-0.4, -0.2) is 0 Å². The molecule has 0 aliphatic heterocycles. The van der Waals surface area contributed by atoms with Crippen LogP contribution in [-0.2, 0) is 0 Å². The summed E-state index contributed by atoms with van der Waals surface area (Å²) in [5, 5.41) is 2.87. The predicted molar refractivity (Wildman–Crippen MR) is 97.8 cm³/mol. The number of benzene rings is 2. The van der Waals surface area contributed by atoms with Crippen LogP contribution in [0.1, 0.15) is 68.9 Å². The van der Waals surface area contributed by atoms with E-state index in [1.807, 2.05) is 0 Å². The first-order chi connectivity index (χ1) is 11.2. The molecule has 0 spiro atoms. The molecule has 0 aromatic heterocycles. The summed E-state index contributed by atoms with van der Waals surface area (Å²) in [4.78, 5) is 0. The van der Waals surface area contributed by atoms with Gasteiger partial charge < -0.3 is 0 Å². The standard InChI is InChI=1S/C23H28/c1-14(2)17-3-4-19-13-20(6-5-18(19)12-17)23-21-8-15-7-16(10-21)11-22(23)9-15/h3-6,12-16,21-23H,7-11H2,1-2H3. The fourth-order valence-corrected chi connectivity index (χ4v) is 6.32. The highest BCUT2D eigenvalue weighted by molar-refractivity contribution is 5.84. The topological polar surface area (TPSA) is 0 Å². The Hall–Kier alpha value is -1.30. The van der Waals surface area contributed by atoms with Crippen molar-refractivity contribution in [2.24, 2.45) is 23.7 Å². The van der Waals surface area contributed by atoms with E-state index in [2.05, 4.69) is 50.2 Å². The van der Waals surface area contributed by atoms with Gasteiger partial charge in [0.05, 0.1) is 0 Å². The molecule has 0 N–H and O–H groups in total. The molecule has 0 radical (unpaired) electrons. The molecule has 2 aromatic carbocycles. The largest absolute Gasteiger partial charge is 0.0587 e. The molecular weight excluding hydrogens is 276 g/mol. The van der Waals surface area contributed by atoms with Crippen LogP contribution in [0.2, 0.25) is 0 Å². The van der Waals surface area contributed by atoms with E-state index in [0.29, 0.717) is 5.92 Å². The minimum atomic E-state index is 0.614. The van der Waals surface area contributed by atoms with Crippen LogP contribution < -0.4 is 0 Å². The lowest BCUT2D eigenvalue weighted by atomic mass is 9.51. The Morgan fingerprint density at radius 2 is 1.35 bits per heavy atom. The van der Waals surface area contributed by atoms with Gasteiger partial charge in [-0.1, -0.05) is 50.2 Å². The molecule has 4 aliphatic carbocycles. The smallest absolute Gasteiger partial charge is 0.0105 e. The molecule has 0 atom stereocenters. The lowest BCUT2D eigenvalue weighted by Crippen LogP contribution is -2.43. The molecule has 4 bridgehead atoms. The average molecular weight is 304 g/mol. The lowest BCUT2D eigenvalue weighted by Gasteiger charge is -2.54. The van der Waals surface area contributed by atoms with Crippen LogP contribution in [0.4, 0.5) is 0 Å². The molecular formula is C23H28. The highest BCUT2D eigenvalue weighted by atomic mass is 14.5. The second kappa shape index (κ2) is 5.10. The van der Waals surface area contributed by atoms with Crippen molar-refractivity contribution in [2.45, 2.75) is 57.8 Å². The molecule has 0 heterocycles. The maximum atomic E-state index is 2.52.